The van der Waals surface area contributed by atoms with Gasteiger partial charge in [0.05, 0.1) is 6.61 Å². The third-order valence-corrected chi connectivity index (χ3v) is 1.66. The number of imidazole rings is 1. The zero-order valence-corrected chi connectivity index (χ0v) is 6.21. The molecule has 0 amide bonds. The summed E-state index contributed by atoms with van der Waals surface area (Å²) in [5, 5.41) is 10.4. The van der Waals surface area contributed by atoms with E-state index in [1.165, 1.54) is 10.8 Å². The molecule has 1 saturated heterocycles. The van der Waals surface area contributed by atoms with Crippen LogP contribution in [0.3, 0.4) is 0 Å². The smallest absolute Gasteiger partial charge is 0.390 e. The van der Waals surface area contributed by atoms with Crippen molar-refractivity contribution in [2.75, 3.05) is 6.61 Å². The number of epoxide rings is 1. The van der Waals surface area contributed by atoms with Crippen LogP contribution in [0.1, 0.15) is 0 Å². The minimum atomic E-state index is -0.498. The molecule has 1 aliphatic heterocycles. The summed E-state index contributed by atoms with van der Waals surface area (Å²) in [6.45, 7) is 1.21. The average Bonchev–Trinajstić information content (AvgIpc) is 2.66. The van der Waals surface area contributed by atoms with E-state index in [4.69, 9.17) is 4.74 Å². The number of hydrogen-bond donors (Lipinski definition) is 0. The average molecular weight is 169 g/mol. The van der Waals surface area contributed by atoms with E-state index in [-0.39, 0.29) is 12.1 Å². The second-order valence-electron chi connectivity index (χ2n) is 2.59. The van der Waals surface area contributed by atoms with Crippen LogP contribution in [0.25, 0.3) is 0 Å². The maximum absolute atomic E-state index is 10.4. The van der Waals surface area contributed by atoms with Gasteiger partial charge in [-0.25, -0.2) is 4.57 Å². The molecular weight excluding hydrogens is 162 g/mol. The Morgan fingerprint density at radius 2 is 2.67 bits per heavy atom. The SMILES string of the molecule is O=[N+]([O-])c1nccn1CC1CO1. The molecule has 1 atom stereocenters. The lowest BCUT2D eigenvalue weighted by molar-refractivity contribution is -0.396. The highest BCUT2D eigenvalue weighted by Crippen LogP contribution is 2.15. The molecule has 2 heterocycles. The second-order valence-corrected chi connectivity index (χ2v) is 2.59. The molecule has 6 nitrogen and oxygen atoms in total. The van der Waals surface area contributed by atoms with Crippen molar-refractivity contribution in [2.45, 2.75) is 12.6 Å². The van der Waals surface area contributed by atoms with Crippen LogP contribution in [-0.4, -0.2) is 27.2 Å². The summed E-state index contributed by atoms with van der Waals surface area (Å²) < 4.78 is 6.43. The lowest BCUT2D eigenvalue weighted by Crippen LogP contribution is -2.06. The molecule has 0 bridgehead atoms. The molecule has 64 valence electrons. The maximum atomic E-state index is 10.4. The van der Waals surface area contributed by atoms with E-state index in [1.807, 2.05) is 0 Å². The van der Waals surface area contributed by atoms with Crippen LogP contribution >= 0.6 is 0 Å². The summed E-state index contributed by atoms with van der Waals surface area (Å²) in [4.78, 5) is 13.5. The molecule has 12 heavy (non-hydrogen) atoms. The van der Waals surface area contributed by atoms with Gasteiger partial charge in [-0.3, -0.25) is 0 Å². The molecular formula is C6H7N3O3. The van der Waals surface area contributed by atoms with E-state index in [0.717, 1.165) is 0 Å². The molecule has 1 aromatic heterocycles. The van der Waals surface area contributed by atoms with E-state index >= 15 is 0 Å². The van der Waals surface area contributed by atoms with E-state index < -0.39 is 4.92 Å². The predicted octanol–water partition coefficient (Wildman–Crippen LogP) is 0.190. The van der Waals surface area contributed by atoms with Crippen LogP contribution in [0.2, 0.25) is 0 Å². The minimum Gasteiger partial charge on any atom is -0.390 e. The van der Waals surface area contributed by atoms with Gasteiger partial charge in [-0.2, -0.15) is 0 Å². The Bertz CT molecular complexity index is 305. The second kappa shape index (κ2) is 2.56. The first-order chi connectivity index (χ1) is 5.77. The Hall–Kier alpha value is -1.43. The van der Waals surface area contributed by atoms with E-state index in [1.54, 1.807) is 6.20 Å². The molecule has 0 saturated carbocycles. The van der Waals surface area contributed by atoms with Gasteiger partial charge in [0.25, 0.3) is 0 Å². The first-order valence-corrected chi connectivity index (χ1v) is 3.54. The molecule has 0 spiro atoms. The molecule has 1 aliphatic rings. The van der Waals surface area contributed by atoms with Crippen molar-refractivity contribution in [1.29, 1.82) is 0 Å². The van der Waals surface area contributed by atoms with Crippen molar-refractivity contribution < 1.29 is 9.66 Å². The first-order valence-electron chi connectivity index (χ1n) is 3.54. The summed E-state index contributed by atoms with van der Waals surface area (Å²) in [5.41, 5.74) is 0. The van der Waals surface area contributed by atoms with Crippen LogP contribution in [0.15, 0.2) is 12.4 Å². The van der Waals surface area contributed by atoms with Gasteiger partial charge in [-0.05, 0) is 4.92 Å². The van der Waals surface area contributed by atoms with Gasteiger partial charge in [-0.1, -0.05) is 4.98 Å². The van der Waals surface area contributed by atoms with Gasteiger partial charge in [0, 0.05) is 0 Å². The van der Waals surface area contributed by atoms with Crippen LogP contribution in [-0.2, 0) is 11.3 Å². The van der Waals surface area contributed by atoms with Gasteiger partial charge in [-0.15, -0.1) is 0 Å². The fourth-order valence-electron chi connectivity index (χ4n) is 1.01. The molecule has 0 aliphatic carbocycles. The Morgan fingerprint density at radius 1 is 1.92 bits per heavy atom. The number of nitro groups is 1. The zero-order valence-electron chi connectivity index (χ0n) is 6.21. The maximum Gasteiger partial charge on any atom is 0.434 e. The largest absolute Gasteiger partial charge is 0.434 e. The lowest BCUT2D eigenvalue weighted by Gasteiger charge is -1.96. The van der Waals surface area contributed by atoms with E-state index in [2.05, 4.69) is 4.98 Å². The molecule has 0 radical (unpaired) electrons. The van der Waals surface area contributed by atoms with Gasteiger partial charge in [0.1, 0.15) is 25.0 Å². The lowest BCUT2D eigenvalue weighted by atomic mass is 10.5. The quantitative estimate of drug-likeness (QED) is 0.367. The molecule has 0 aromatic carbocycles. The number of ether oxygens (including phenoxy) is 1. The van der Waals surface area contributed by atoms with Gasteiger partial charge < -0.3 is 14.9 Å². The van der Waals surface area contributed by atoms with Crippen molar-refractivity contribution in [1.82, 2.24) is 9.55 Å². The molecule has 0 N–H and O–H groups in total. The van der Waals surface area contributed by atoms with Crippen molar-refractivity contribution >= 4 is 5.95 Å². The highest BCUT2D eigenvalue weighted by Gasteiger charge is 2.27. The molecule has 1 unspecified atom stereocenters. The number of nitrogens with zero attached hydrogens (tertiary/aromatic N) is 3. The van der Waals surface area contributed by atoms with Crippen molar-refractivity contribution in [3.05, 3.63) is 22.5 Å². The molecule has 6 heteroatoms. The van der Waals surface area contributed by atoms with Crippen molar-refractivity contribution in [3.63, 3.8) is 0 Å². The predicted molar refractivity (Wildman–Crippen MR) is 38.6 cm³/mol. The Kier molecular flexibility index (Phi) is 1.54. The summed E-state index contributed by atoms with van der Waals surface area (Å²) in [7, 11) is 0. The van der Waals surface area contributed by atoms with Gasteiger partial charge in [0.2, 0.25) is 0 Å². The van der Waals surface area contributed by atoms with E-state index in [0.29, 0.717) is 13.2 Å². The summed E-state index contributed by atoms with van der Waals surface area (Å²) in [6, 6.07) is 0. The van der Waals surface area contributed by atoms with Gasteiger partial charge in [0.15, 0.2) is 0 Å². The monoisotopic (exact) mass is 169 g/mol. The fraction of sp³-hybridized carbons (Fsp3) is 0.500. The number of aromatic nitrogens is 2. The third-order valence-electron chi connectivity index (χ3n) is 1.66. The summed E-state index contributed by atoms with van der Waals surface area (Å²) in [6.07, 6.45) is 3.14. The van der Waals surface area contributed by atoms with Gasteiger partial charge >= 0.3 is 5.95 Å². The topological polar surface area (TPSA) is 73.5 Å². The summed E-state index contributed by atoms with van der Waals surface area (Å²) >= 11 is 0. The normalized spacial score (nSPS) is 20.8. The molecule has 1 fully saturated rings. The minimum absolute atomic E-state index is 0.120. The molecule has 1 aromatic rings. The Labute approximate surface area is 67.9 Å². The Morgan fingerprint density at radius 3 is 3.25 bits per heavy atom. The van der Waals surface area contributed by atoms with Crippen molar-refractivity contribution in [2.24, 2.45) is 0 Å². The highest BCUT2D eigenvalue weighted by molar-refractivity contribution is 5.07. The molecule has 2 rings (SSSR count). The number of hydrogen-bond acceptors (Lipinski definition) is 4. The van der Waals surface area contributed by atoms with Crippen LogP contribution in [0, 0.1) is 10.1 Å². The fourth-order valence-corrected chi connectivity index (χ4v) is 1.01. The standard InChI is InChI=1S/C6H7N3O3/c10-9(11)6-7-1-2-8(6)3-5-4-12-5/h1-2,5H,3-4H2. The highest BCUT2D eigenvalue weighted by atomic mass is 16.6. The summed E-state index contributed by atoms with van der Waals surface area (Å²) in [5.74, 6) is -0.120. The van der Waals surface area contributed by atoms with Crippen LogP contribution in [0.4, 0.5) is 5.95 Å². The first kappa shape index (κ1) is 7.23. The Balaban J connectivity index is 2.17. The van der Waals surface area contributed by atoms with Crippen LogP contribution < -0.4 is 0 Å². The number of rotatable bonds is 3. The van der Waals surface area contributed by atoms with Crippen molar-refractivity contribution in [3.8, 4) is 0 Å². The zero-order chi connectivity index (χ0) is 8.55. The van der Waals surface area contributed by atoms with Crippen LogP contribution in [0.5, 0.6) is 0 Å². The third kappa shape index (κ3) is 1.28. The van der Waals surface area contributed by atoms with E-state index in [9.17, 15) is 10.1 Å².